The lowest BCUT2D eigenvalue weighted by Gasteiger charge is -2.07. The highest BCUT2D eigenvalue weighted by Gasteiger charge is 2.16. The third-order valence-corrected chi connectivity index (χ3v) is 5.12. The zero-order valence-electron chi connectivity index (χ0n) is 13.2. The Labute approximate surface area is 142 Å². The van der Waals surface area contributed by atoms with E-state index < -0.39 is 0 Å². The van der Waals surface area contributed by atoms with Crippen LogP contribution in [0.2, 0.25) is 0 Å². The first-order valence-corrected chi connectivity index (χ1v) is 8.30. The van der Waals surface area contributed by atoms with Crippen LogP contribution in [0.15, 0.2) is 77.6 Å². The van der Waals surface area contributed by atoms with Crippen molar-refractivity contribution in [1.82, 2.24) is 9.38 Å². The third kappa shape index (κ3) is 1.50. The van der Waals surface area contributed by atoms with Gasteiger partial charge in [-0.2, -0.15) is 0 Å². The number of hydrogen-bond donors (Lipinski definition) is 0. The van der Waals surface area contributed by atoms with Crippen molar-refractivity contribution in [3.8, 4) is 0 Å². The predicted octanol–water partition coefficient (Wildman–Crippen LogP) is 4.75. The first kappa shape index (κ1) is 12.9. The molecule has 0 bridgehead atoms. The van der Waals surface area contributed by atoms with Crippen LogP contribution >= 0.6 is 0 Å². The van der Waals surface area contributed by atoms with Gasteiger partial charge in [-0.3, -0.25) is 9.20 Å². The predicted molar refractivity (Wildman–Crippen MR) is 103 cm³/mol. The van der Waals surface area contributed by atoms with E-state index in [4.69, 9.17) is 4.98 Å². The minimum atomic E-state index is -0.00171. The number of rotatable bonds is 0. The second-order valence-corrected chi connectivity index (χ2v) is 6.44. The molecule has 3 heteroatoms. The van der Waals surface area contributed by atoms with Crippen LogP contribution in [0.3, 0.4) is 0 Å². The molecule has 0 radical (unpaired) electrons. The molecule has 0 saturated carbocycles. The fraction of sp³-hybridized carbons (Fsp3) is 0. The summed E-state index contributed by atoms with van der Waals surface area (Å²) in [5, 5.41) is 6.01. The lowest BCUT2D eigenvalue weighted by Crippen LogP contribution is -2.13. The molecular weight excluding hydrogens is 308 g/mol. The summed E-state index contributed by atoms with van der Waals surface area (Å²) in [6, 6.07) is 24.2. The van der Waals surface area contributed by atoms with Crippen molar-refractivity contribution in [2.45, 2.75) is 0 Å². The van der Waals surface area contributed by atoms with Gasteiger partial charge in [0.2, 0.25) is 0 Å². The fourth-order valence-corrected chi connectivity index (χ4v) is 4.04. The summed E-state index contributed by atoms with van der Waals surface area (Å²) < 4.78 is 1.79. The summed E-state index contributed by atoms with van der Waals surface area (Å²) in [4.78, 5) is 18.2. The van der Waals surface area contributed by atoms with Gasteiger partial charge >= 0.3 is 0 Å². The molecule has 0 spiro atoms. The lowest BCUT2D eigenvalue weighted by molar-refractivity contribution is 1.19. The van der Waals surface area contributed by atoms with Crippen LogP contribution < -0.4 is 5.56 Å². The van der Waals surface area contributed by atoms with Gasteiger partial charge in [0.25, 0.3) is 5.56 Å². The number of benzene rings is 4. The van der Waals surface area contributed by atoms with Crippen LogP contribution in [0, 0.1) is 0 Å². The van der Waals surface area contributed by atoms with Gasteiger partial charge in [0.1, 0.15) is 5.65 Å². The Morgan fingerprint density at radius 3 is 2.28 bits per heavy atom. The van der Waals surface area contributed by atoms with Crippen molar-refractivity contribution in [2.75, 3.05) is 0 Å². The smallest absolute Gasteiger partial charge is 0.264 e. The zero-order chi connectivity index (χ0) is 16.5. The van der Waals surface area contributed by atoms with Gasteiger partial charge in [0.15, 0.2) is 0 Å². The van der Waals surface area contributed by atoms with E-state index in [1.807, 2.05) is 48.5 Å². The van der Waals surface area contributed by atoms with Crippen LogP contribution in [0.4, 0.5) is 0 Å². The van der Waals surface area contributed by atoms with E-state index in [1.54, 1.807) is 4.40 Å². The molecule has 0 amide bonds. The number of nitrogens with zero attached hydrogens (tertiary/aromatic N) is 2. The quantitative estimate of drug-likeness (QED) is 0.405. The Bertz CT molecular complexity index is 1510. The van der Waals surface area contributed by atoms with E-state index in [2.05, 4.69) is 24.3 Å². The average molecular weight is 320 g/mol. The molecular formula is C22H12N2O. The minimum Gasteiger partial charge on any atom is -0.268 e. The van der Waals surface area contributed by atoms with Gasteiger partial charge in [-0.15, -0.1) is 0 Å². The molecule has 2 aromatic heterocycles. The Balaban J connectivity index is 2.05. The minimum absolute atomic E-state index is 0.00171. The molecule has 116 valence electrons. The van der Waals surface area contributed by atoms with Crippen molar-refractivity contribution < 1.29 is 0 Å². The van der Waals surface area contributed by atoms with Crippen LogP contribution in [-0.2, 0) is 0 Å². The van der Waals surface area contributed by atoms with E-state index in [-0.39, 0.29) is 5.56 Å². The van der Waals surface area contributed by atoms with E-state index in [1.165, 1.54) is 0 Å². The van der Waals surface area contributed by atoms with Gasteiger partial charge in [0.05, 0.1) is 11.0 Å². The van der Waals surface area contributed by atoms with Gasteiger partial charge in [-0.05, 0) is 22.9 Å². The fourth-order valence-electron chi connectivity index (χ4n) is 4.04. The van der Waals surface area contributed by atoms with Crippen molar-refractivity contribution in [2.24, 2.45) is 0 Å². The molecule has 6 aromatic rings. The Morgan fingerprint density at radius 1 is 0.680 bits per heavy atom. The van der Waals surface area contributed by atoms with E-state index in [0.717, 1.165) is 49.0 Å². The summed E-state index contributed by atoms with van der Waals surface area (Å²) in [6.07, 6.45) is 0. The van der Waals surface area contributed by atoms with Crippen LogP contribution in [0.1, 0.15) is 0 Å². The average Bonchev–Trinajstić information content (AvgIpc) is 3.06. The number of hydrogen-bond acceptors (Lipinski definition) is 2. The van der Waals surface area contributed by atoms with Crippen molar-refractivity contribution >= 4 is 49.0 Å². The molecule has 25 heavy (non-hydrogen) atoms. The highest BCUT2D eigenvalue weighted by atomic mass is 16.1. The topological polar surface area (TPSA) is 34.4 Å². The van der Waals surface area contributed by atoms with E-state index >= 15 is 0 Å². The summed E-state index contributed by atoms with van der Waals surface area (Å²) >= 11 is 0. The molecule has 0 aliphatic carbocycles. The number of pyridine rings is 1. The van der Waals surface area contributed by atoms with Gasteiger partial charge in [-0.25, -0.2) is 4.98 Å². The van der Waals surface area contributed by atoms with Crippen molar-refractivity contribution in [3.63, 3.8) is 0 Å². The third-order valence-electron chi connectivity index (χ3n) is 5.12. The highest BCUT2D eigenvalue weighted by molar-refractivity contribution is 6.16. The second-order valence-electron chi connectivity index (χ2n) is 6.44. The van der Waals surface area contributed by atoms with E-state index in [0.29, 0.717) is 0 Å². The molecule has 0 aliphatic rings. The molecule has 0 unspecified atom stereocenters. The largest absolute Gasteiger partial charge is 0.268 e. The number of fused-ring (bicyclic) bond motifs is 6. The maximum absolute atomic E-state index is 13.3. The SMILES string of the molecule is O=c1c2cccc3cccc(c32)c2nc3ccc4ccccc4c3n12. The standard InChI is InChI=1S/C22H12N2O/c25-22-17-10-4-7-14-6-3-9-16(19(14)17)21-23-18-12-11-13-5-1-2-8-15(13)20(18)24(21)22/h1-12H. The molecule has 0 N–H and O–H groups in total. The summed E-state index contributed by atoms with van der Waals surface area (Å²) in [5.41, 5.74) is 2.48. The Hall–Kier alpha value is -3.46. The first-order valence-electron chi connectivity index (χ1n) is 8.30. The highest BCUT2D eigenvalue weighted by Crippen LogP contribution is 2.31. The van der Waals surface area contributed by atoms with Crippen LogP contribution in [-0.4, -0.2) is 9.38 Å². The maximum Gasteiger partial charge on any atom is 0.264 e. The number of imidazole rings is 1. The van der Waals surface area contributed by atoms with Crippen LogP contribution in [0.5, 0.6) is 0 Å². The van der Waals surface area contributed by atoms with Crippen molar-refractivity contribution in [1.29, 1.82) is 0 Å². The Morgan fingerprint density at radius 2 is 1.40 bits per heavy atom. The lowest BCUT2D eigenvalue weighted by atomic mass is 10.0. The summed E-state index contributed by atoms with van der Waals surface area (Å²) in [5.74, 6) is 0. The molecule has 4 aromatic carbocycles. The monoisotopic (exact) mass is 320 g/mol. The van der Waals surface area contributed by atoms with Gasteiger partial charge in [-0.1, -0.05) is 60.7 Å². The second kappa shape index (κ2) is 4.33. The molecule has 0 atom stereocenters. The van der Waals surface area contributed by atoms with Gasteiger partial charge < -0.3 is 0 Å². The Kier molecular flexibility index (Phi) is 2.24. The van der Waals surface area contributed by atoms with Crippen LogP contribution in [0.25, 0.3) is 49.0 Å². The molecule has 0 aliphatic heterocycles. The zero-order valence-corrected chi connectivity index (χ0v) is 13.2. The number of aromatic nitrogens is 2. The molecule has 3 nitrogen and oxygen atoms in total. The maximum atomic E-state index is 13.3. The van der Waals surface area contributed by atoms with Crippen molar-refractivity contribution in [3.05, 3.63) is 83.2 Å². The normalized spacial score (nSPS) is 12.2. The molecule has 0 saturated heterocycles. The molecule has 6 rings (SSSR count). The van der Waals surface area contributed by atoms with E-state index in [9.17, 15) is 4.79 Å². The molecule has 2 heterocycles. The first-order chi connectivity index (χ1) is 12.3. The summed E-state index contributed by atoms with van der Waals surface area (Å²) in [6.45, 7) is 0. The van der Waals surface area contributed by atoms with Gasteiger partial charge in [0, 0.05) is 21.5 Å². The molecule has 0 fully saturated rings. The summed E-state index contributed by atoms with van der Waals surface area (Å²) in [7, 11) is 0.